The monoisotopic (exact) mass is 459 g/mol. The third kappa shape index (κ3) is 2.87. The number of aromatic nitrogens is 1. The summed E-state index contributed by atoms with van der Waals surface area (Å²) in [5, 5.41) is 1.11. The van der Waals surface area contributed by atoms with Crippen LogP contribution in [0.1, 0.15) is 5.69 Å². The largest absolute Gasteiger partial charge is 0.298 e. The predicted octanol–water partition coefficient (Wildman–Crippen LogP) is 4.23. The third-order valence-electron chi connectivity index (χ3n) is 3.14. The molecule has 0 unspecified atom stereocenters. The molecule has 0 aliphatic rings. The molecule has 3 radical (unpaired) electrons. The van der Waals surface area contributed by atoms with Gasteiger partial charge in [0.25, 0.3) is 0 Å². The molecule has 0 spiro atoms. The Kier molecular flexibility index (Phi) is 4.81. The number of halogens is 2. The molecule has 0 amide bonds. The van der Waals surface area contributed by atoms with Crippen molar-refractivity contribution in [3.63, 3.8) is 0 Å². The van der Waals surface area contributed by atoms with Crippen LogP contribution < -0.4 is 0 Å². The maximum absolute atomic E-state index is 14.2. The Bertz CT molecular complexity index is 770. The van der Waals surface area contributed by atoms with E-state index in [1.165, 1.54) is 12.1 Å². The van der Waals surface area contributed by atoms with E-state index in [9.17, 15) is 8.78 Å². The van der Waals surface area contributed by atoms with Crippen LogP contribution in [0.3, 0.4) is 0 Å². The Morgan fingerprint density at radius 1 is 1.05 bits per heavy atom. The summed E-state index contributed by atoms with van der Waals surface area (Å²) in [7, 11) is 0. The van der Waals surface area contributed by atoms with E-state index in [1.54, 1.807) is 30.3 Å². The Balaban J connectivity index is 0.00000161. The Morgan fingerprint density at radius 3 is 2.38 bits per heavy atom. The molecule has 1 aromatic heterocycles. The van der Waals surface area contributed by atoms with Crippen molar-refractivity contribution in [1.29, 1.82) is 0 Å². The molecule has 1 heterocycles. The summed E-state index contributed by atoms with van der Waals surface area (Å²) in [5.41, 5.74) is 1.36. The van der Waals surface area contributed by atoms with Crippen molar-refractivity contribution in [2.24, 2.45) is 0 Å². The van der Waals surface area contributed by atoms with E-state index in [1.807, 2.05) is 0 Å². The minimum atomic E-state index is -0.408. The number of pyridine rings is 1. The van der Waals surface area contributed by atoms with Crippen LogP contribution in [0.5, 0.6) is 0 Å². The van der Waals surface area contributed by atoms with Crippen LogP contribution in [-0.4, -0.2) is 4.98 Å². The van der Waals surface area contributed by atoms with Gasteiger partial charge in [-0.15, -0.1) is 29.8 Å². The van der Waals surface area contributed by atoms with E-state index in [-0.39, 0.29) is 38.0 Å². The summed E-state index contributed by atoms with van der Waals surface area (Å²) >= 11 is 0. The summed E-state index contributed by atoms with van der Waals surface area (Å²) in [6.45, 7) is 5.54. The first kappa shape index (κ1) is 15.7. The van der Waals surface area contributed by atoms with Crippen LogP contribution in [0.25, 0.3) is 22.0 Å². The molecule has 3 aromatic rings. The standard InChI is InChI=1S/C17H10F2N.Ir/c1-2-15-16(19)13-5-3-4-6-14(13)17(20-15)11-7-9-12(18)10-8-11;/h1,3-7,9-10H,2H2;/q-1;. The number of hydrogen-bond acceptors (Lipinski definition) is 1. The summed E-state index contributed by atoms with van der Waals surface area (Å²) in [6.07, 6.45) is 0.00482. The smallest absolute Gasteiger partial charge is 0.150 e. The maximum atomic E-state index is 14.2. The van der Waals surface area contributed by atoms with Crippen LogP contribution in [-0.2, 0) is 26.5 Å². The molecule has 0 N–H and O–H groups in total. The maximum Gasteiger partial charge on any atom is 0.150 e. The third-order valence-corrected chi connectivity index (χ3v) is 3.14. The average molecular weight is 458 g/mol. The zero-order chi connectivity index (χ0) is 14.1. The van der Waals surface area contributed by atoms with Crippen molar-refractivity contribution in [3.8, 4) is 11.3 Å². The van der Waals surface area contributed by atoms with Crippen LogP contribution in [0.2, 0.25) is 0 Å². The number of nitrogens with zero attached hydrogens (tertiary/aromatic N) is 1. The van der Waals surface area contributed by atoms with Gasteiger partial charge in [-0.05, 0) is 24.4 Å². The summed E-state index contributed by atoms with van der Waals surface area (Å²) in [5.74, 6) is -0.784. The Hall–Kier alpha value is -1.64. The van der Waals surface area contributed by atoms with E-state index >= 15 is 0 Å². The Labute approximate surface area is 135 Å². The molecule has 0 atom stereocenters. The van der Waals surface area contributed by atoms with E-state index in [0.29, 0.717) is 22.0 Å². The predicted molar refractivity (Wildman–Crippen MR) is 73.9 cm³/mol. The quantitative estimate of drug-likeness (QED) is 0.524. The normalized spacial score (nSPS) is 10.4. The molecule has 0 aliphatic carbocycles. The first-order chi connectivity index (χ1) is 9.70. The summed E-state index contributed by atoms with van der Waals surface area (Å²) in [6, 6.07) is 14.0. The van der Waals surface area contributed by atoms with Crippen molar-refractivity contribution in [3.05, 3.63) is 72.8 Å². The van der Waals surface area contributed by atoms with Gasteiger partial charge >= 0.3 is 0 Å². The topological polar surface area (TPSA) is 12.9 Å². The molecular weight excluding hydrogens is 448 g/mol. The fourth-order valence-corrected chi connectivity index (χ4v) is 2.17. The molecule has 107 valence electrons. The van der Waals surface area contributed by atoms with Gasteiger partial charge in [-0.3, -0.25) is 9.37 Å². The van der Waals surface area contributed by atoms with Crippen molar-refractivity contribution in [2.45, 2.75) is 6.42 Å². The van der Waals surface area contributed by atoms with Crippen molar-refractivity contribution in [1.82, 2.24) is 4.98 Å². The fraction of sp³-hybridized carbons (Fsp3) is 0.0588. The van der Waals surface area contributed by atoms with Crippen LogP contribution >= 0.6 is 0 Å². The molecule has 0 aliphatic heterocycles. The number of rotatable bonds is 2. The van der Waals surface area contributed by atoms with Crippen molar-refractivity contribution in [2.75, 3.05) is 0 Å². The number of fused-ring (bicyclic) bond motifs is 1. The van der Waals surface area contributed by atoms with Gasteiger partial charge < -0.3 is 0 Å². The number of benzene rings is 2. The minimum Gasteiger partial charge on any atom is -0.298 e. The van der Waals surface area contributed by atoms with Gasteiger partial charge in [-0.2, -0.15) is 0 Å². The van der Waals surface area contributed by atoms with E-state index < -0.39 is 5.82 Å². The molecule has 0 bridgehead atoms. The van der Waals surface area contributed by atoms with Gasteiger partial charge in [0.2, 0.25) is 0 Å². The molecule has 4 heteroatoms. The molecular formula is C17H10F2IrN-. The van der Waals surface area contributed by atoms with Crippen LogP contribution in [0, 0.1) is 24.6 Å². The second-order valence-corrected chi connectivity index (χ2v) is 4.39. The zero-order valence-electron chi connectivity index (χ0n) is 10.9. The van der Waals surface area contributed by atoms with E-state index in [4.69, 9.17) is 6.92 Å². The molecule has 2 aromatic carbocycles. The van der Waals surface area contributed by atoms with Gasteiger partial charge in [0.1, 0.15) is 0 Å². The fourth-order valence-electron chi connectivity index (χ4n) is 2.17. The van der Waals surface area contributed by atoms with E-state index in [0.717, 1.165) is 0 Å². The molecule has 3 rings (SSSR count). The molecule has 0 fully saturated rings. The van der Waals surface area contributed by atoms with Crippen LogP contribution in [0.4, 0.5) is 8.78 Å². The first-order valence-electron chi connectivity index (χ1n) is 6.15. The summed E-state index contributed by atoms with van der Waals surface area (Å²) < 4.78 is 27.2. The second kappa shape index (κ2) is 6.42. The van der Waals surface area contributed by atoms with Crippen molar-refractivity contribution >= 4 is 10.8 Å². The van der Waals surface area contributed by atoms with Crippen LogP contribution in [0.15, 0.2) is 42.5 Å². The van der Waals surface area contributed by atoms with Gasteiger partial charge in [0.05, 0.1) is 5.69 Å². The SMILES string of the molecule is [CH]Cc1nc(-c2[c-]cc(F)cc2)c2ccccc2c1F.[Ir]. The van der Waals surface area contributed by atoms with Gasteiger partial charge in [-0.1, -0.05) is 24.3 Å². The average Bonchev–Trinajstić information content (AvgIpc) is 2.49. The first-order valence-corrected chi connectivity index (χ1v) is 6.15. The molecule has 1 nitrogen and oxygen atoms in total. The van der Waals surface area contributed by atoms with Gasteiger partial charge in [-0.25, -0.2) is 4.39 Å². The molecule has 21 heavy (non-hydrogen) atoms. The Morgan fingerprint density at radius 2 is 1.76 bits per heavy atom. The van der Waals surface area contributed by atoms with Gasteiger partial charge in [0, 0.05) is 31.3 Å². The van der Waals surface area contributed by atoms with Gasteiger partial charge in [0.15, 0.2) is 5.82 Å². The molecule has 0 saturated heterocycles. The van der Waals surface area contributed by atoms with Crippen molar-refractivity contribution < 1.29 is 28.9 Å². The number of hydrogen-bond donors (Lipinski definition) is 0. The minimum absolute atomic E-state index is 0. The second-order valence-electron chi connectivity index (χ2n) is 4.39. The molecule has 0 saturated carbocycles. The van der Waals surface area contributed by atoms with E-state index in [2.05, 4.69) is 11.1 Å². The summed E-state index contributed by atoms with van der Waals surface area (Å²) in [4.78, 5) is 4.27. The zero-order valence-corrected chi connectivity index (χ0v) is 13.3.